The number of rotatable bonds is 5. The zero-order valence-corrected chi connectivity index (χ0v) is 11.4. The summed E-state index contributed by atoms with van der Waals surface area (Å²) in [6.45, 7) is 0.545. The average Bonchev–Trinajstić information content (AvgIpc) is 2.36. The Hall–Kier alpha value is -0.620. The lowest BCUT2D eigenvalue weighted by Crippen LogP contribution is -2.60. The number of nitrogens with two attached hydrogens (primary N) is 1. The Morgan fingerprint density at radius 1 is 1.22 bits per heavy atom. The molecule has 1 saturated carbocycles. The minimum absolute atomic E-state index is 0.0795. The summed E-state index contributed by atoms with van der Waals surface area (Å²) in [5, 5.41) is 0. The van der Waals surface area contributed by atoms with Gasteiger partial charge in [0.1, 0.15) is 5.82 Å². The van der Waals surface area contributed by atoms with E-state index < -0.39 is 5.79 Å². The van der Waals surface area contributed by atoms with Crippen LogP contribution in [0.1, 0.15) is 12.8 Å². The van der Waals surface area contributed by atoms with Crippen LogP contribution >= 0.6 is 11.8 Å². The summed E-state index contributed by atoms with van der Waals surface area (Å²) in [6, 6.07) is 6.48. The Labute approximate surface area is 111 Å². The molecule has 1 aliphatic carbocycles. The van der Waals surface area contributed by atoms with Gasteiger partial charge in [0.15, 0.2) is 5.79 Å². The highest BCUT2D eigenvalue weighted by molar-refractivity contribution is 8.00. The maximum absolute atomic E-state index is 12.9. The zero-order chi connectivity index (χ0) is 13.2. The summed E-state index contributed by atoms with van der Waals surface area (Å²) < 4.78 is 23.5. The van der Waals surface area contributed by atoms with Gasteiger partial charge in [-0.1, -0.05) is 0 Å². The maximum atomic E-state index is 12.9. The number of thioether (sulfide) groups is 1. The molecule has 2 rings (SSSR count). The van der Waals surface area contributed by atoms with Gasteiger partial charge in [0.25, 0.3) is 0 Å². The highest BCUT2D eigenvalue weighted by Crippen LogP contribution is 2.54. The number of ether oxygens (including phenoxy) is 2. The van der Waals surface area contributed by atoms with Crippen molar-refractivity contribution in [3.63, 3.8) is 0 Å². The molecule has 1 aromatic rings. The van der Waals surface area contributed by atoms with Gasteiger partial charge in [-0.2, -0.15) is 0 Å². The van der Waals surface area contributed by atoms with Crippen molar-refractivity contribution < 1.29 is 13.9 Å². The number of benzene rings is 1. The highest BCUT2D eigenvalue weighted by atomic mass is 32.2. The van der Waals surface area contributed by atoms with E-state index in [4.69, 9.17) is 15.2 Å². The Balaban J connectivity index is 2.05. The smallest absolute Gasteiger partial charge is 0.170 e. The molecule has 0 amide bonds. The molecule has 0 saturated heterocycles. The molecular weight excluding hydrogens is 253 g/mol. The van der Waals surface area contributed by atoms with Crippen molar-refractivity contribution in [2.75, 3.05) is 20.8 Å². The number of halogens is 1. The fraction of sp³-hybridized carbons (Fsp3) is 0.538. The standard InChI is InChI=1S/C13H18FNO2S/c1-16-13(17-2)7-12(8-13,9-15)18-11-5-3-10(14)4-6-11/h3-6H,7-9,15H2,1-2H3. The van der Waals surface area contributed by atoms with E-state index in [1.54, 1.807) is 38.1 Å². The first kappa shape index (κ1) is 13.8. The zero-order valence-electron chi connectivity index (χ0n) is 10.6. The van der Waals surface area contributed by atoms with Gasteiger partial charge in [-0.3, -0.25) is 0 Å². The van der Waals surface area contributed by atoms with Gasteiger partial charge in [-0.25, -0.2) is 4.39 Å². The summed E-state index contributed by atoms with van der Waals surface area (Å²) >= 11 is 1.67. The Kier molecular flexibility index (Phi) is 3.96. The molecule has 100 valence electrons. The van der Waals surface area contributed by atoms with Crippen LogP contribution in [0.15, 0.2) is 29.2 Å². The highest BCUT2D eigenvalue weighted by Gasteiger charge is 2.55. The fourth-order valence-electron chi connectivity index (χ4n) is 2.31. The van der Waals surface area contributed by atoms with E-state index in [2.05, 4.69) is 0 Å². The van der Waals surface area contributed by atoms with E-state index in [1.807, 2.05) is 0 Å². The van der Waals surface area contributed by atoms with Crippen molar-refractivity contribution in [3.05, 3.63) is 30.1 Å². The summed E-state index contributed by atoms with van der Waals surface area (Å²) in [6.07, 6.45) is 1.48. The van der Waals surface area contributed by atoms with E-state index in [0.29, 0.717) is 6.54 Å². The third-order valence-corrected chi connectivity index (χ3v) is 4.84. The molecule has 0 spiro atoms. The Bertz CT molecular complexity index is 398. The van der Waals surface area contributed by atoms with Crippen LogP contribution in [0, 0.1) is 5.82 Å². The molecule has 3 nitrogen and oxygen atoms in total. The van der Waals surface area contributed by atoms with Gasteiger partial charge in [0.05, 0.1) is 0 Å². The summed E-state index contributed by atoms with van der Waals surface area (Å²) in [4.78, 5) is 1.02. The number of hydrogen-bond donors (Lipinski definition) is 1. The third kappa shape index (κ3) is 2.54. The SMILES string of the molecule is COC1(OC)CC(CN)(Sc2ccc(F)cc2)C1. The number of methoxy groups -OCH3 is 2. The monoisotopic (exact) mass is 271 g/mol. The molecule has 0 atom stereocenters. The molecule has 0 bridgehead atoms. The quantitative estimate of drug-likeness (QED) is 0.835. The van der Waals surface area contributed by atoms with Crippen LogP contribution < -0.4 is 5.73 Å². The van der Waals surface area contributed by atoms with Crippen molar-refractivity contribution in [1.29, 1.82) is 0 Å². The summed E-state index contributed by atoms with van der Waals surface area (Å²) in [5.74, 6) is -0.732. The predicted molar refractivity (Wildman–Crippen MR) is 70.0 cm³/mol. The first-order chi connectivity index (χ1) is 8.57. The van der Waals surface area contributed by atoms with Gasteiger partial charge in [0, 0.05) is 43.2 Å². The van der Waals surface area contributed by atoms with E-state index in [-0.39, 0.29) is 10.6 Å². The van der Waals surface area contributed by atoms with Gasteiger partial charge < -0.3 is 15.2 Å². The molecule has 18 heavy (non-hydrogen) atoms. The molecular formula is C13H18FNO2S. The van der Waals surface area contributed by atoms with E-state index >= 15 is 0 Å². The molecule has 1 aliphatic rings. The van der Waals surface area contributed by atoms with Crippen LogP contribution in [-0.2, 0) is 9.47 Å². The van der Waals surface area contributed by atoms with E-state index in [1.165, 1.54) is 12.1 Å². The molecule has 0 aromatic heterocycles. The van der Waals surface area contributed by atoms with Gasteiger partial charge in [-0.15, -0.1) is 11.8 Å². The Morgan fingerprint density at radius 2 is 1.78 bits per heavy atom. The average molecular weight is 271 g/mol. The van der Waals surface area contributed by atoms with Crippen molar-refractivity contribution in [2.24, 2.45) is 5.73 Å². The van der Waals surface area contributed by atoms with Crippen LogP contribution in [0.5, 0.6) is 0 Å². The third-order valence-electron chi connectivity index (χ3n) is 3.45. The second-order valence-corrected chi connectivity index (χ2v) is 6.16. The minimum Gasteiger partial charge on any atom is -0.353 e. The maximum Gasteiger partial charge on any atom is 0.170 e. The van der Waals surface area contributed by atoms with Crippen molar-refractivity contribution in [1.82, 2.24) is 0 Å². The van der Waals surface area contributed by atoms with Crippen LogP contribution in [0.4, 0.5) is 4.39 Å². The summed E-state index contributed by atoms with van der Waals surface area (Å²) in [7, 11) is 3.29. The van der Waals surface area contributed by atoms with Crippen LogP contribution in [0.2, 0.25) is 0 Å². The van der Waals surface area contributed by atoms with E-state index in [0.717, 1.165) is 17.7 Å². The molecule has 0 aliphatic heterocycles. The van der Waals surface area contributed by atoms with Crippen molar-refractivity contribution in [2.45, 2.75) is 28.3 Å². The van der Waals surface area contributed by atoms with Crippen LogP contribution in [-0.4, -0.2) is 31.3 Å². The van der Waals surface area contributed by atoms with Crippen LogP contribution in [0.3, 0.4) is 0 Å². The lowest BCUT2D eigenvalue weighted by Gasteiger charge is -2.53. The summed E-state index contributed by atoms with van der Waals surface area (Å²) in [5.41, 5.74) is 5.87. The fourth-order valence-corrected chi connectivity index (χ4v) is 3.75. The molecule has 1 aromatic carbocycles. The topological polar surface area (TPSA) is 44.5 Å². The molecule has 2 N–H and O–H groups in total. The second-order valence-electron chi connectivity index (χ2n) is 4.62. The molecule has 0 heterocycles. The lowest BCUT2D eigenvalue weighted by molar-refractivity contribution is -0.260. The molecule has 5 heteroatoms. The minimum atomic E-state index is -0.508. The normalized spacial score (nSPS) is 20.4. The van der Waals surface area contributed by atoms with Gasteiger partial charge in [0.2, 0.25) is 0 Å². The van der Waals surface area contributed by atoms with Gasteiger partial charge in [-0.05, 0) is 24.3 Å². The number of hydrogen-bond acceptors (Lipinski definition) is 4. The second kappa shape index (κ2) is 5.17. The molecule has 1 fully saturated rings. The van der Waals surface area contributed by atoms with Crippen LogP contribution in [0.25, 0.3) is 0 Å². The lowest BCUT2D eigenvalue weighted by atomic mass is 9.77. The largest absolute Gasteiger partial charge is 0.353 e. The first-order valence-corrected chi connectivity index (χ1v) is 6.64. The van der Waals surface area contributed by atoms with Crippen molar-refractivity contribution >= 4 is 11.8 Å². The molecule has 0 unspecified atom stereocenters. The van der Waals surface area contributed by atoms with Crippen molar-refractivity contribution in [3.8, 4) is 0 Å². The Morgan fingerprint density at radius 3 is 2.22 bits per heavy atom. The molecule has 0 radical (unpaired) electrons. The predicted octanol–water partition coefficient (Wildman–Crippen LogP) is 2.40. The van der Waals surface area contributed by atoms with Gasteiger partial charge >= 0.3 is 0 Å². The van der Waals surface area contributed by atoms with E-state index in [9.17, 15) is 4.39 Å². The first-order valence-electron chi connectivity index (χ1n) is 5.82.